The van der Waals surface area contributed by atoms with E-state index in [4.69, 9.17) is 0 Å². The normalized spacial score (nSPS) is 40.6. The lowest BCUT2D eigenvalue weighted by atomic mass is 9.48. The molecule has 1 saturated heterocycles. The monoisotopic (exact) mass is 346 g/mol. The van der Waals surface area contributed by atoms with Gasteiger partial charge in [0.15, 0.2) is 0 Å². The van der Waals surface area contributed by atoms with E-state index in [0.717, 1.165) is 37.1 Å². The summed E-state index contributed by atoms with van der Waals surface area (Å²) in [5.74, 6) is 2.88. The highest BCUT2D eigenvalue weighted by Crippen LogP contribution is 2.61. The third kappa shape index (κ3) is 3.00. The average Bonchev–Trinajstić information content (AvgIpc) is 3.02. The predicted octanol–water partition coefficient (Wildman–Crippen LogP) is 3.35. The minimum absolute atomic E-state index is 0.0334. The molecule has 5 aliphatic rings. The van der Waals surface area contributed by atoms with Crippen molar-refractivity contribution in [2.24, 2.45) is 29.1 Å². The molecule has 4 heteroatoms. The van der Waals surface area contributed by atoms with Crippen molar-refractivity contribution in [1.29, 1.82) is 0 Å². The summed E-state index contributed by atoms with van der Waals surface area (Å²) < 4.78 is 0. The molecule has 5 rings (SSSR count). The van der Waals surface area contributed by atoms with E-state index in [1.54, 1.807) is 0 Å². The highest BCUT2D eigenvalue weighted by Gasteiger charge is 2.53. The van der Waals surface area contributed by atoms with E-state index in [-0.39, 0.29) is 29.8 Å². The summed E-state index contributed by atoms with van der Waals surface area (Å²) in [6.07, 6.45) is 9.97. The topological polar surface area (TPSA) is 49.4 Å². The molecule has 0 radical (unpaired) electrons. The van der Waals surface area contributed by atoms with E-state index in [1.165, 1.54) is 38.5 Å². The van der Waals surface area contributed by atoms with Crippen LogP contribution in [0.4, 0.5) is 0 Å². The van der Waals surface area contributed by atoms with Gasteiger partial charge in [-0.05, 0) is 81.5 Å². The van der Waals surface area contributed by atoms with Crippen molar-refractivity contribution < 1.29 is 9.59 Å². The molecule has 2 amide bonds. The van der Waals surface area contributed by atoms with Gasteiger partial charge in [0.2, 0.25) is 11.8 Å². The van der Waals surface area contributed by atoms with E-state index in [9.17, 15) is 9.59 Å². The molecular formula is C21H34N2O2. The Morgan fingerprint density at radius 1 is 1.00 bits per heavy atom. The number of nitrogens with zero attached hydrogens (tertiary/aromatic N) is 1. The number of hydrogen-bond acceptors (Lipinski definition) is 2. The Morgan fingerprint density at radius 2 is 1.56 bits per heavy atom. The zero-order chi connectivity index (χ0) is 17.8. The summed E-state index contributed by atoms with van der Waals surface area (Å²) in [5, 5.41) is 3.37. The molecule has 2 unspecified atom stereocenters. The second kappa shape index (κ2) is 6.28. The van der Waals surface area contributed by atoms with E-state index >= 15 is 0 Å². The van der Waals surface area contributed by atoms with Crippen LogP contribution in [0.3, 0.4) is 0 Å². The number of amides is 2. The van der Waals surface area contributed by atoms with E-state index in [1.807, 2.05) is 18.7 Å². The molecule has 1 aliphatic heterocycles. The molecule has 4 bridgehead atoms. The zero-order valence-electron chi connectivity index (χ0n) is 16.1. The Hall–Kier alpha value is -1.06. The Labute approximate surface area is 152 Å². The van der Waals surface area contributed by atoms with Crippen LogP contribution in [0.25, 0.3) is 0 Å². The van der Waals surface area contributed by atoms with Gasteiger partial charge in [0.05, 0.1) is 0 Å². The van der Waals surface area contributed by atoms with Gasteiger partial charge in [0.25, 0.3) is 0 Å². The van der Waals surface area contributed by atoms with Crippen molar-refractivity contribution in [3.05, 3.63) is 0 Å². The van der Waals surface area contributed by atoms with Crippen molar-refractivity contribution in [2.45, 2.75) is 84.2 Å². The number of hydrogen-bond donors (Lipinski definition) is 1. The average molecular weight is 347 g/mol. The van der Waals surface area contributed by atoms with Crippen LogP contribution in [-0.4, -0.2) is 35.3 Å². The van der Waals surface area contributed by atoms with Crippen molar-refractivity contribution >= 4 is 11.8 Å². The Balaban J connectivity index is 1.43. The molecule has 0 spiro atoms. The molecule has 4 aliphatic carbocycles. The molecule has 5 fully saturated rings. The fourth-order valence-corrected chi connectivity index (χ4v) is 6.81. The molecule has 4 nitrogen and oxygen atoms in total. The molecule has 0 aromatic heterocycles. The van der Waals surface area contributed by atoms with Crippen LogP contribution in [0.2, 0.25) is 0 Å². The third-order valence-electron chi connectivity index (χ3n) is 7.70. The first kappa shape index (κ1) is 17.4. The van der Waals surface area contributed by atoms with Crippen LogP contribution in [0.15, 0.2) is 0 Å². The number of carbonyl (C=O) groups is 2. The maximum Gasteiger partial charge on any atom is 0.243 e. The number of rotatable bonds is 4. The van der Waals surface area contributed by atoms with Crippen molar-refractivity contribution in [2.75, 3.05) is 6.54 Å². The van der Waals surface area contributed by atoms with Crippen LogP contribution in [0.1, 0.15) is 72.1 Å². The summed E-state index contributed by atoms with van der Waals surface area (Å²) in [6.45, 7) is 6.82. The molecule has 1 heterocycles. The zero-order valence-corrected chi connectivity index (χ0v) is 16.1. The highest BCUT2D eigenvalue weighted by molar-refractivity contribution is 5.89. The lowest BCUT2D eigenvalue weighted by molar-refractivity contribution is -0.142. The van der Waals surface area contributed by atoms with Gasteiger partial charge in [0.1, 0.15) is 6.04 Å². The van der Waals surface area contributed by atoms with Crippen LogP contribution in [0, 0.1) is 29.1 Å². The molecule has 2 atom stereocenters. The summed E-state index contributed by atoms with van der Waals surface area (Å²) in [5.41, 5.74) is 0.329. The first-order valence-corrected chi connectivity index (χ1v) is 10.5. The van der Waals surface area contributed by atoms with Gasteiger partial charge in [-0.15, -0.1) is 0 Å². The number of nitrogens with one attached hydrogen (secondary N) is 1. The molecule has 140 valence electrons. The molecule has 0 aromatic carbocycles. The second-order valence-corrected chi connectivity index (χ2v) is 9.85. The predicted molar refractivity (Wildman–Crippen MR) is 97.8 cm³/mol. The maximum absolute atomic E-state index is 13.0. The lowest BCUT2D eigenvalue weighted by Crippen LogP contribution is -2.58. The van der Waals surface area contributed by atoms with Gasteiger partial charge < -0.3 is 10.2 Å². The summed E-state index contributed by atoms with van der Waals surface area (Å²) in [7, 11) is 0. The quantitative estimate of drug-likeness (QED) is 0.848. The minimum atomic E-state index is -0.244. The highest BCUT2D eigenvalue weighted by atomic mass is 16.2. The van der Waals surface area contributed by atoms with Gasteiger partial charge in [-0.25, -0.2) is 0 Å². The Bertz CT molecular complexity index is 521. The fraction of sp³-hybridized carbons (Fsp3) is 0.905. The third-order valence-corrected chi connectivity index (χ3v) is 7.70. The van der Waals surface area contributed by atoms with E-state index in [0.29, 0.717) is 5.41 Å². The second-order valence-electron chi connectivity index (χ2n) is 9.85. The van der Waals surface area contributed by atoms with Gasteiger partial charge >= 0.3 is 0 Å². The number of likely N-dealkylation sites (tertiary alicyclic amines) is 1. The first-order valence-electron chi connectivity index (χ1n) is 10.5. The van der Waals surface area contributed by atoms with Crippen molar-refractivity contribution in [3.8, 4) is 0 Å². The molecule has 4 saturated carbocycles. The Morgan fingerprint density at radius 3 is 2.08 bits per heavy atom. The van der Waals surface area contributed by atoms with Crippen LogP contribution >= 0.6 is 0 Å². The van der Waals surface area contributed by atoms with Gasteiger partial charge in [-0.1, -0.05) is 13.8 Å². The van der Waals surface area contributed by atoms with E-state index < -0.39 is 0 Å². The first-order chi connectivity index (χ1) is 11.9. The fourth-order valence-electron chi connectivity index (χ4n) is 6.81. The standard InChI is InChI=1S/C21H34N2O2/c1-13(2)20(25)23-6-4-5-18(23)19(24)22-14(3)21-10-15-7-16(11-21)9-17(8-15)12-21/h13-18H,4-12H2,1-3H3,(H,22,24). The van der Waals surface area contributed by atoms with Gasteiger partial charge in [-0.3, -0.25) is 9.59 Å². The molecule has 25 heavy (non-hydrogen) atoms. The summed E-state index contributed by atoms with van der Waals surface area (Å²) in [4.78, 5) is 27.2. The van der Waals surface area contributed by atoms with Gasteiger partial charge in [-0.2, -0.15) is 0 Å². The summed E-state index contributed by atoms with van der Waals surface area (Å²) in [6, 6.07) is -0.00346. The van der Waals surface area contributed by atoms with E-state index in [2.05, 4.69) is 12.2 Å². The smallest absolute Gasteiger partial charge is 0.243 e. The minimum Gasteiger partial charge on any atom is -0.351 e. The lowest BCUT2D eigenvalue weighted by Gasteiger charge is -2.59. The SMILES string of the molecule is CC(C)C(=O)N1CCCC1C(=O)NC(C)C12CC3CC(CC(C3)C1)C2. The summed E-state index contributed by atoms with van der Waals surface area (Å²) >= 11 is 0. The van der Waals surface area contributed by atoms with Crippen LogP contribution in [0.5, 0.6) is 0 Å². The maximum atomic E-state index is 13.0. The van der Waals surface area contributed by atoms with Crippen molar-refractivity contribution in [3.63, 3.8) is 0 Å². The molecular weight excluding hydrogens is 312 g/mol. The molecule has 0 aromatic rings. The van der Waals surface area contributed by atoms with Crippen LogP contribution < -0.4 is 5.32 Å². The molecule has 1 N–H and O–H groups in total. The van der Waals surface area contributed by atoms with Crippen molar-refractivity contribution in [1.82, 2.24) is 10.2 Å². The van der Waals surface area contributed by atoms with Gasteiger partial charge in [0, 0.05) is 18.5 Å². The van der Waals surface area contributed by atoms with Crippen LogP contribution in [-0.2, 0) is 9.59 Å². The largest absolute Gasteiger partial charge is 0.351 e. The Kier molecular flexibility index (Phi) is 4.36. The number of carbonyl (C=O) groups excluding carboxylic acids is 2.